The van der Waals surface area contributed by atoms with Crippen molar-refractivity contribution < 1.29 is 19.8 Å². The number of amides is 1. The van der Waals surface area contributed by atoms with E-state index in [0.717, 1.165) is 0 Å². The second kappa shape index (κ2) is 8.78. The number of carbonyl (C=O) groups excluding carboxylic acids is 2. The Kier molecular flexibility index (Phi) is 6.18. The van der Waals surface area contributed by atoms with Crippen molar-refractivity contribution in [3.8, 4) is 17.1 Å². The molecule has 0 bridgehead atoms. The minimum absolute atomic E-state index is 0.0580. The molecular weight excluding hydrogens is 392 g/mol. The molecular formula is C20H19N4O4S-. The third-order valence-electron chi connectivity index (χ3n) is 4.25. The fraction of sp³-hybridized carbons (Fsp3) is 0.200. The molecule has 0 fully saturated rings. The van der Waals surface area contributed by atoms with Gasteiger partial charge >= 0.3 is 0 Å². The van der Waals surface area contributed by atoms with Crippen LogP contribution in [0.3, 0.4) is 0 Å². The number of benzene rings is 2. The Labute approximate surface area is 171 Å². The van der Waals surface area contributed by atoms with Gasteiger partial charge in [-0.25, -0.2) is 0 Å². The number of phenols is 1. The summed E-state index contributed by atoms with van der Waals surface area (Å²) in [6, 6.07) is 11.2. The molecule has 150 valence electrons. The highest BCUT2D eigenvalue weighted by Crippen LogP contribution is 2.30. The molecule has 3 rings (SSSR count). The van der Waals surface area contributed by atoms with Gasteiger partial charge in [0.25, 0.3) is 0 Å². The number of aryl methyl sites for hydroxylation is 1. The smallest absolute Gasteiger partial charge is 0.234 e. The summed E-state index contributed by atoms with van der Waals surface area (Å²) in [4.78, 5) is 23.2. The average molecular weight is 411 g/mol. The van der Waals surface area contributed by atoms with Crippen molar-refractivity contribution >= 4 is 29.3 Å². The number of aromatic carboxylic acids is 1. The topological polar surface area (TPSA) is 120 Å². The normalized spacial score (nSPS) is 10.7. The van der Waals surface area contributed by atoms with E-state index >= 15 is 0 Å². The molecule has 0 aliphatic rings. The van der Waals surface area contributed by atoms with E-state index in [1.165, 1.54) is 30.0 Å². The zero-order valence-electron chi connectivity index (χ0n) is 15.9. The molecule has 2 aromatic carbocycles. The quantitative estimate of drug-likeness (QED) is 0.571. The van der Waals surface area contributed by atoms with Gasteiger partial charge in [-0.15, -0.1) is 10.2 Å². The van der Waals surface area contributed by atoms with E-state index in [4.69, 9.17) is 0 Å². The van der Waals surface area contributed by atoms with Crippen LogP contribution in [0.4, 0.5) is 5.69 Å². The number of carboxylic acids is 1. The number of carboxylic acid groups (broad SMARTS) is 1. The number of nitrogens with one attached hydrogen (secondary N) is 1. The van der Waals surface area contributed by atoms with Gasteiger partial charge in [0.05, 0.1) is 17.3 Å². The van der Waals surface area contributed by atoms with Crippen LogP contribution in [0.15, 0.2) is 47.6 Å². The first kappa shape index (κ1) is 20.4. The summed E-state index contributed by atoms with van der Waals surface area (Å²) < 4.78 is 1.83. The predicted molar refractivity (Wildman–Crippen MR) is 108 cm³/mol. The van der Waals surface area contributed by atoms with Crippen LogP contribution in [0.25, 0.3) is 11.4 Å². The number of aromatic hydroxyl groups is 1. The Morgan fingerprint density at radius 1 is 1.21 bits per heavy atom. The summed E-state index contributed by atoms with van der Waals surface area (Å²) >= 11 is 1.23. The molecule has 0 aliphatic heterocycles. The number of rotatable bonds is 7. The van der Waals surface area contributed by atoms with Crippen LogP contribution in [0, 0.1) is 6.92 Å². The van der Waals surface area contributed by atoms with Gasteiger partial charge in [-0.2, -0.15) is 0 Å². The number of hydrogen-bond acceptors (Lipinski definition) is 7. The van der Waals surface area contributed by atoms with Gasteiger partial charge in [-0.3, -0.25) is 4.79 Å². The van der Waals surface area contributed by atoms with Gasteiger partial charge in [0.1, 0.15) is 5.75 Å². The number of aromatic nitrogens is 3. The minimum Gasteiger partial charge on any atom is -0.545 e. The summed E-state index contributed by atoms with van der Waals surface area (Å²) in [5.74, 6) is -0.781. The number of carbonyl (C=O) groups is 2. The molecule has 2 N–H and O–H groups in total. The first-order valence-corrected chi connectivity index (χ1v) is 9.85. The van der Waals surface area contributed by atoms with Gasteiger partial charge in [0.2, 0.25) is 5.91 Å². The van der Waals surface area contributed by atoms with Crippen LogP contribution in [0.5, 0.6) is 5.75 Å². The molecule has 29 heavy (non-hydrogen) atoms. The van der Waals surface area contributed by atoms with E-state index in [1.807, 2.05) is 11.5 Å². The van der Waals surface area contributed by atoms with E-state index in [-0.39, 0.29) is 23.0 Å². The van der Waals surface area contributed by atoms with Crippen LogP contribution in [-0.4, -0.2) is 37.5 Å². The molecule has 0 saturated heterocycles. The number of nitrogens with zero attached hydrogens (tertiary/aromatic N) is 3. The van der Waals surface area contributed by atoms with E-state index in [0.29, 0.717) is 34.3 Å². The number of para-hydroxylation sites is 1. The molecule has 0 radical (unpaired) electrons. The second-order valence-corrected chi connectivity index (χ2v) is 7.16. The van der Waals surface area contributed by atoms with Crippen molar-refractivity contribution in [2.75, 3.05) is 11.1 Å². The van der Waals surface area contributed by atoms with E-state index in [9.17, 15) is 19.8 Å². The van der Waals surface area contributed by atoms with Crippen molar-refractivity contribution in [3.05, 3.63) is 53.6 Å². The number of anilines is 1. The monoisotopic (exact) mass is 411 g/mol. The van der Waals surface area contributed by atoms with Gasteiger partial charge in [0, 0.05) is 12.2 Å². The Morgan fingerprint density at radius 3 is 2.62 bits per heavy atom. The number of thioether (sulfide) groups is 1. The summed E-state index contributed by atoms with van der Waals surface area (Å²) in [6.45, 7) is 4.21. The number of phenolic OH excluding ortho intramolecular Hbond substituents is 1. The van der Waals surface area contributed by atoms with Gasteiger partial charge in [-0.1, -0.05) is 30.0 Å². The van der Waals surface area contributed by atoms with Crippen LogP contribution in [-0.2, 0) is 11.3 Å². The Bertz CT molecular complexity index is 1060. The van der Waals surface area contributed by atoms with Gasteiger partial charge < -0.3 is 24.9 Å². The van der Waals surface area contributed by atoms with Crippen molar-refractivity contribution in [2.24, 2.45) is 0 Å². The first-order valence-electron chi connectivity index (χ1n) is 8.87. The number of hydrogen-bond donors (Lipinski definition) is 2. The molecule has 9 heteroatoms. The average Bonchev–Trinajstić information content (AvgIpc) is 3.10. The van der Waals surface area contributed by atoms with Crippen LogP contribution < -0.4 is 10.4 Å². The Balaban J connectivity index is 1.70. The molecule has 1 heterocycles. The van der Waals surface area contributed by atoms with Crippen LogP contribution in [0.2, 0.25) is 0 Å². The lowest BCUT2D eigenvalue weighted by Gasteiger charge is -2.11. The maximum atomic E-state index is 12.3. The van der Waals surface area contributed by atoms with Gasteiger partial charge in [0.15, 0.2) is 11.0 Å². The lowest BCUT2D eigenvalue weighted by atomic mass is 10.1. The zero-order chi connectivity index (χ0) is 21.0. The Morgan fingerprint density at radius 2 is 1.97 bits per heavy atom. The van der Waals surface area contributed by atoms with E-state index < -0.39 is 5.97 Å². The van der Waals surface area contributed by atoms with E-state index in [1.54, 1.807) is 31.2 Å². The molecule has 1 aromatic heterocycles. The fourth-order valence-electron chi connectivity index (χ4n) is 2.79. The predicted octanol–water partition coefficient (Wildman–Crippen LogP) is 2.07. The molecule has 0 aliphatic carbocycles. The molecule has 0 spiro atoms. The summed E-state index contributed by atoms with van der Waals surface area (Å²) in [5.41, 5.74) is 1.79. The van der Waals surface area contributed by atoms with Crippen molar-refractivity contribution in [1.82, 2.24) is 14.8 Å². The molecule has 1 amide bonds. The van der Waals surface area contributed by atoms with Crippen molar-refractivity contribution in [1.29, 1.82) is 0 Å². The molecule has 8 nitrogen and oxygen atoms in total. The molecule has 0 atom stereocenters. The lowest BCUT2D eigenvalue weighted by Crippen LogP contribution is -2.22. The molecule has 0 saturated carbocycles. The third-order valence-corrected chi connectivity index (χ3v) is 5.21. The SMILES string of the molecule is CCn1c(SCC(=O)Nc2ccc(C(=O)[O-])cc2C)nnc1-c1ccccc1O. The van der Waals surface area contributed by atoms with Gasteiger partial charge in [-0.05, 0) is 49.2 Å². The highest BCUT2D eigenvalue weighted by Gasteiger charge is 2.17. The lowest BCUT2D eigenvalue weighted by molar-refractivity contribution is -0.255. The maximum Gasteiger partial charge on any atom is 0.234 e. The largest absolute Gasteiger partial charge is 0.545 e. The second-order valence-electron chi connectivity index (χ2n) is 6.22. The first-order chi connectivity index (χ1) is 13.9. The minimum atomic E-state index is -1.26. The summed E-state index contributed by atoms with van der Waals surface area (Å²) in [5, 5.41) is 32.6. The van der Waals surface area contributed by atoms with E-state index in [2.05, 4.69) is 15.5 Å². The van der Waals surface area contributed by atoms with Crippen LogP contribution >= 0.6 is 11.8 Å². The zero-order valence-corrected chi connectivity index (χ0v) is 16.7. The van der Waals surface area contributed by atoms with Crippen molar-refractivity contribution in [3.63, 3.8) is 0 Å². The molecule has 3 aromatic rings. The highest BCUT2D eigenvalue weighted by molar-refractivity contribution is 7.99. The van der Waals surface area contributed by atoms with Crippen LogP contribution in [0.1, 0.15) is 22.8 Å². The molecule has 0 unspecified atom stereocenters. The third kappa shape index (κ3) is 4.57. The maximum absolute atomic E-state index is 12.3. The summed E-state index contributed by atoms with van der Waals surface area (Å²) in [6.07, 6.45) is 0. The standard InChI is InChI=1S/C20H20N4O4S/c1-3-24-18(14-6-4-5-7-16(14)25)22-23-20(24)29-11-17(26)21-15-9-8-13(19(27)28)10-12(15)2/h4-10,25H,3,11H2,1-2H3,(H,21,26)(H,27,28)/p-1. The van der Waals surface area contributed by atoms with Crippen molar-refractivity contribution in [2.45, 2.75) is 25.5 Å². The Hall–Kier alpha value is -3.33. The highest BCUT2D eigenvalue weighted by atomic mass is 32.2. The summed E-state index contributed by atoms with van der Waals surface area (Å²) in [7, 11) is 0. The fourth-order valence-corrected chi connectivity index (χ4v) is 3.59.